The van der Waals surface area contributed by atoms with Crippen LogP contribution in [0.15, 0.2) is 42.5 Å². The van der Waals surface area contributed by atoms with Crippen LogP contribution >= 0.6 is 0 Å². The van der Waals surface area contributed by atoms with Gasteiger partial charge in [-0.3, -0.25) is 4.90 Å². The fourth-order valence-corrected chi connectivity index (χ4v) is 2.39. The molecule has 2 rings (SSSR count). The predicted octanol–water partition coefficient (Wildman–Crippen LogP) is 2.96. The molecule has 2 aromatic rings. The van der Waals surface area contributed by atoms with Crippen molar-refractivity contribution in [2.24, 2.45) is 0 Å². The maximum Gasteiger partial charge on any atom is 0.240 e. The molecule has 1 aromatic carbocycles. The van der Waals surface area contributed by atoms with Crippen LogP contribution in [-0.2, 0) is 6.54 Å². The summed E-state index contributed by atoms with van der Waals surface area (Å²) in [6.07, 6.45) is 1.11. The van der Waals surface area contributed by atoms with E-state index >= 15 is 0 Å². The van der Waals surface area contributed by atoms with E-state index < -0.39 is 0 Å². The highest BCUT2D eigenvalue weighted by Crippen LogP contribution is 2.21. The molecule has 0 amide bonds. The largest absolute Gasteiger partial charge is 0.479 e. The molecule has 0 aliphatic rings. The number of hydrogen-bond acceptors (Lipinski definition) is 5. The molecular weight excluding hydrogens is 290 g/mol. The number of nitrogen functional groups attached to an aromatic ring is 1. The van der Waals surface area contributed by atoms with Gasteiger partial charge in [0, 0.05) is 19.2 Å². The zero-order valence-electron chi connectivity index (χ0n) is 13.9. The molecule has 0 fully saturated rings. The van der Waals surface area contributed by atoms with Crippen molar-refractivity contribution in [3.8, 4) is 11.8 Å². The van der Waals surface area contributed by atoms with Crippen molar-refractivity contribution < 1.29 is 9.47 Å². The second kappa shape index (κ2) is 9.00. The van der Waals surface area contributed by atoms with E-state index in [1.165, 1.54) is 5.56 Å². The number of anilines is 1. The minimum absolute atomic E-state index is 0.400. The quantitative estimate of drug-likeness (QED) is 0.771. The second-order valence-electron chi connectivity index (χ2n) is 5.36. The molecule has 0 radical (unpaired) electrons. The Kier molecular flexibility index (Phi) is 6.69. The van der Waals surface area contributed by atoms with Crippen molar-refractivity contribution in [3.05, 3.63) is 48.0 Å². The molecule has 0 unspecified atom stereocenters. The van der Waals surface area contributed by atoms with E-state index in [1.54, 1.807) is 19.2 Å². The fourth-order valence-electron chi connectivity index (χ4n) is 2.39. The minimum atomic E-state index is 0.400. The third-order valence-corrected chi connectivity index (χ3v) is 3.50. The van der Waals surface area contributed by atoms with Gasteiger partial charge in [0.15, 0.2) is 0 Å². The van der Waals surface area contributed by atoms with Gasteiger partial charge in [-0.2, -0.15) is 4.98 Å². The molecule has 1 aromatic heterocycles. The first-order chi connectivity index (χ1) is 11.2. The first-order valence-corrected chi connectivity index (χ1v) is 7.92. The topological polar surface area (TPSA) is 60.6 Å². The molecular formula is C18H25N3O2. The van der Waals surface area contributed by atoms with Gasteiger partial charge < -0.3 is 15.2 Å². The average Bonchev–Trinajstić information content (AvgIpc) is 2.57. The number of nitrogens with zero attached hydrogens (tertiary/aromatic N) is 2. The van der Waals surface area contributed by atoms with Crippen LogP contribution in [0.2, 0.25) is 0 Å². The van der Waals surface area contributed by atoms with Crippen molar-refractivity contribution >= 4 is 5.69 Å². The zero-order chi connectivity index (χ0) is 16.5. The molecule has 0 atom stereocenters. The van der Waals surface area contributed by atoms with Crippen LogP contribution in [0.25, 0.3) is 0 Å². The van der Waals surface area contributed by atoms with Gasteiger partial charge in [0.1, 0.15) is 6.61 Å². The van der Waals surface area contributed by atoms with E-state index in [9.17, 15) is 0 Å². The molecule has 5 heteroatoms. The van der Waals surface area contributed by atoms with Crippen LogP contribution < -0.4 is 15.2 Å². The van der Waals surface area contributed by atoms with Crippen LogP contribution in [0.1, 0.15) is 18.9 Å². The Hall–Kier alpha value is -2.27. The Morgan fingerprint density at radius 1 is 1.09 bits per heavy atom. The lowest BCUT2D eigenvalue weighted by Gasteiger charge is -2.21. The van der Waals surface area contributed by atoms with Crippen molar-refractivity contribution in [2.45, 2.75) is 19.9 Å². The molecule has 0 aliphatic carbocycles. The second-order valence-corrected chi connectivity index (χ2v) is 5.36. The normalized spacial score (nSPS) is 10.7. The number of ether oxygens (including phenoxy) is 2. The summed E-state index contributed by atoms with van der Waals surface area (Å²) in [4.78, 5) is 6.61. The van der Waals surface area contributed by atoms with E-state index in [-0.39, 0.29) is 0 Å². The van der Waals surface area contributed by atoms with Crippen molar-refractivity contribution in [1.82, 2.24) is 9.88 Å². The number of rotatable bonds is 9. The summed E-state index contributed by atoms with van der Waals surface area (Å²) in [5.41, 5.74) is 7.57. The third kappa shape index (κ3) is 5.45. The first kappa shape index (κ1) is 17.1. The van der Waals surface area contributed by atoms with Gasteiger partial charge in [0.25, 0.3) is 0 Å². The van der Waals surface area contributed by atoms with Crippen LogP contribution in [0.3, 0.4) is 0 Å². The molecule has 2 N–H and O–H groups in total. The van der Waals surface area contributed by atoms with Crippen LogP contribution in [0.5, 0.6) is 11.8 Å². The zero-order valence-corrected chi connectivity index (χ0v) is 13.9. The highest BCUT2D eigenvalue weighted by atomic mass is 16.5. The molecule has 5 nitrogen and oxygen atoms in total. The number of nitrogens with two attached hydrogens (primary N) is 1. The number of pyridine rings is 1. The van der Waals surface area contributed by atoms with E-state index in [1.807, 2.05) is 6.07 Å². The summed E-state index contributed by atoms with van der Waals surface area (Å²) in [6, 6.07) is 14.0. The molecule has 23 heavy (non-hydrogen) atoms. The number of aromatic nitrogens is 1. The predicted molar refractivity (Wildman–Crippen MR) is 92.7 cm³/mol. The minimum Gasteiger partial charge on any atom is -0.479 e. The summed E-state index contributed by atoms with van der Waals surface area (Å²) in [5.74, 6) is 0.935. The van der Waals surface area contributed by atoms with E-state index in [0.717, 1.165) is 26.1 Å². The first-order valence-electron chi connectivity index (χ1n) is 7.92. The summed E-state index contributed by atoms with van der Waals surface area (Å²) < 4.78 is 10.8. The maximum atomic E-state index is 5.75. The summed E-state index contributed by atoms with van der Waals surface area (Å²) >= 11 is 0. The van der Waals surface area contributed by atoms with E-state index in [2.05, 4.69) is 41.1 Å². The molecule has 0 saturated carbocycles. The maximum absolute atomic E-state index is 5.75. The number of hydrogen-bond donors (Lipinski definition) is 1. The molecule has 0 saturated heterocycles. The smallest absolute Gasteiger partial charge is 0.240 e. The molecule has 0 aliphatic heterocycles. The van der Waals surface area contributed by atoms with Crippen molar-refractivity contribution in [3.63, 3.8) is 0 Å². The molecule has 124 valence electrons. The SMILES string of the molecule is CCCN(CCOc1ccc(N)c(OC)n1)Cc1ccccc1. The molecule has 0 bridgehead atoms. The lowest BCUT2D eigenvalue weighted by Crippen LogP contribution is -2.29. The van der Waals surface area contributed by atoms with E-state index in [4.69, 9.17) is 15.2 Å². The van der Waals surface area contributed by atoms with Crippen LogP contribution in [0, 0.1) is 0 Å². The fraction of sp³-hybridized carbons (Fsp3) is 0.389. The van der Waals surface area contributed by atoms with Gasteiger partial charge in [-0.1, -0.05) is 37.3 Å². The molecule has 1 heterocycles. The molecule has 0 spiro atoms. The average molecular weight is 315 g/mol. The third-order valence-electron chi connectivity index (χ3n) is 3.50. The van der Waals surface area contributed by atoms with Crippen LogP contribution in [-0.4, -0.2) is 36.7 Å². The summed E-state index contributed by atoms with van der Waals surface area (Å²) in [7, 11) is 1.55. The lowest BCUT2D eigenvalue weighted by atomic mass is 10.2. The number of methoxy groups -OCH3 is 1. The van der Waals surface area contributed by atoms with Gasteiger partial charge in [-0.05, 0) is 24.6 Å². The standard InChI is InChI=1S/C18H25N3O2/c1-3-11-21(14-15-7-5-4-6-8-15)12-13-23-17-10-9-16(19)18(20-17)22-2/h4-10H,3,11-14,19H2,1-2H3. The Morgan fingerprint density at radius 2 is 1.87 bits per heavy atom. The lowest BCUT2D eigenvalue weighted by molar-refractivity contribution is 0.198. The van der Waals surface area contributed by atoms with Gasteiger partial charge in [-0.15, -0.1) is 0 Å². The Labute approximate surface area is 138 Å². The summed E-state index contributed by atoms with van der Waals surface area (Å²) in [5, 5.41) is 0. The Bertz CT molecular complexity index is 590. The highest BCUT2D eigenvalue weighted by Gasteiger charge is 2.07. The Morgan fingerprint density at radius 3 is 2.57 bits per heavy atom. The van der Waals surface area contributed by atoms with Crippen molar-refractivity contribution in [2.75, 3.05) is 32.5 Å². The monoisotopic (exact) mass is 315 g/mol. The van der Waals surface area contributed by atoms with Gasteiger partial charge in [-0.25, -0.2) is 0 Å². The number of benzene rings is 1. The highest BCUT2D eigenvalue weighted by molar-refractivity contribution is 5.49. The van der Waals surface area contributed by atoms with Crippen molar-refractivity contribution in [1.29, 1.82) is 0 Å². The van der Waals surface area contributed by atoms with Crippen LogP contribution in [0.4, 0.5) is 5.69 Å². The Balaban J connectivity index is 1.86. The van der Waals surface area contributed by atoms with Gasteiger partial charge >= 0.3 is 0 Å². The summed E-state index contributed by atoms with van der Waals surface area (Å²) in [6.45, 7) is 5.57. The van der Waals surface area contributed by atoms with Gasteiger partial charge in [0.05, 0.1) is 12.8 Å². The van der Waals surface area contributed by atoms with Gasteiger partial charge in [0.2, 0.25) is 11.8 Å². The van der Waals surface area contributed by atoms with E-state index in [0.29, 0.717) is 24.1 Å².